The van der Waals surface area contributed by atoms with Gasteiger partial charge in [0, 0.05) is 28.9 Å². The maximum absolute atomic E-state index is 15.4. The topological polar surface area (TPSA) is 90.5 Å². The molecular weight excluding hydrogens is 468 g/mol. The van der Waals surface area contributed by atoms with Gasteiger partial charge in [-0.2, -0.15) is 0 Å². The fraction of sp³-hybridized carbons (Fsp3) is 0.417. The number of rotatable bonds is 6. The summed E-state index contributed by atoms with van der Waals surface area (Å²) in [4.78, 5) is 27.4. The van der Waals surface area contributed by atoms with Crippen molar-refractivity contribution in [2.24, 2.45) is 0 Å². The van der Waals surface area contributed by atoms with Crippen LogP contribution >= 0.6 is 23.2 Å². The van der Waals surface area contributed by atoms with E-state index in [0.717, 1.165) is 0 Å². The minimum Gasteiger partial charge on any atom is -0.393 e. The van der Waals surface area contributed by atoms with E-state index < -0.39 is 29.0 Å². The second kappa shape index (κ2) is 9.58. The number of aliphatic hydroxyl groups excluding tert-OH is 1. The van der Waals surface area contributed by atoms with Crippen LogP contribution in [0.4, 0.5) is 10.1 Å². The number of halogens is 3. The first kappa shape index (κ1) is 24.0. The summed E-state index contributed by atoms with van der Waals surface area (Å²) in [5, 5.41) is 19.0. The molecule has 1 heterocycles. The van der Waals surface area contributed by atoms with Gasteiger partial charge in [-0.1, -0.05) is 41.4 Å². The molecule has 1 aliphatic carbocycles. The lowest BCUT2D eigenvalue weighted by Crippen LogP contribution is -2.54. The van der Waals surface area contributed by atoms with Gasteiger partial charge in [0.15, 0.2) is 0 Å². The maximum Gasteiger partial charge on any atom is 0.237 e. The van der Waals surface area contributed by atoms with E-state index in [1.54, 1.807) is 31.3 Å². The highest BCUT2D eigenvalue weighted by Crippen LogP contribution is 2.49. The van der Waals surface area contributed by atoms with Gasteiger partial charge in [-0.15, -0.1) is 0 Å². The molecule has 2 amide bonds. The van der Waals surface area contributed by atoms with Gasteiger partial charge in [0.25, 0.3) is 0 Å². The molecule has 1 unspecified atom stereocenters. The quantitative estimate of drug-likeness (QED) is 0.493. The van der Waals surface area contributed by atoms with Crippen molar-refractivity contribution in [2.75, 3.05) is 18.9 Å². The normalized spacial score (nSPS) is 25.3. The van der Waals surface area contributed by atoms with E-state index in [4.69, 9.17) is 23.2 Å². The Kier molecular flexibility index (Phi) is 6.96. The highest BCUT2D eigenvalue weighted by Gasteiger charge is 2.56. The van der Waals surface area contributed by atoms with E-state index in [1.807, 2.05) is 0 Å². The molecule has 1 aliphatic heterocycles. The number of anilines is 1. The lowest BCUT2D eigenvalue weighted by molar-refractivity contribution is -0.131. The van der Waals surface area contributed by atoms with Gasteiger partial charge >= 0.3 is 0 Å². The maximum atomic E-state index is 15.4. The predicted octanol–water partition coefficient (Wildman–Crippen LogP) is 3.75. The van der Waals surface area contributed by atoms with E-state index in [0.29, 0.717) is 42.0 Å². The van der Waals surface area contributed by atoms with Crippen molar-refractivity contribution in [3.8, 4) is 0 Å². The highest BCUT2D eigenvalue weighted by atomic mass is 35.5. The van der Waals surface area contributed by atoms with Crippen LogP contribution in [0.3, 0.4) is 0 Å². The molecule has 1 saturated carbocycles. The monoisotopic (exact) mass is 493 g/mol. The molecule has 4 rings (SSSR count). The van der Waals surface area contributed by atoms with Crippen LogP contribution in [0.1, 0.15) is 42.7 Å². The zero-order chi connectivity index (χ0) is 23.8. The molecule has 176 valence electrons. The second-order valence-corrected chi connectivity index (χ2v) is 9.58. The summed E-state index contributed by atoms with van der Waals surface area (Å²) in [6.45, 7) is 0.0842. The Hall–Kier alpha value is -2.19. The Morgan fingerprint density at radius 1 is 1.24 bits per heavy atom. The van der Waals surface area contributed by atoms with E-state index in [-0.39, 0.29) is 29.3 Å². The van der Waals surface area contributed by atoms with Crippen LogP contribution in [0.15, 0.2) is 36.4 Å². The molecule has 2 aromatic rings. The fourth-order valence-electron chi connectivity index (χ4n) is 5.09. The van der Waals surface area contributed by atoms with Gasteiger partial charge in [-0.05, 0) is 56.5 Å². The Labute approximate surface area is 201 Å². The van der Waals surface area contributed by atoms with Crippen molar-refractivity contribution in [3.05, 3.63) is 63.4 Å². The van der Waals surface area contributed by atoms with Crippen LogP contribution in [-0.4, -0.2) is 42.7 Å². The molecule has 9 heteroatoms. The Morgan fingerprint density at radius 2 is 1.97 bits per heavy atom. The Morgan fingerprint density at radius 3 is 2.67 bits per heavy atom. The van der Waals surface area contributed by atoms with E-state index in [1.165, 1.54) is 12.1 Å². The van der Waals surface area contributed by atoms with Crippen LogP contribution < -0.4 is 16.0 Å². The zero-order valence-electron chi connectivity index (χ0n) is 18.1. The van der Waals surface area contributed by atoms with E-state index >= 15 is 4.39 Å². The number of nitrogens with one attached hydrogen (secondary N) is 3. The summed E-state index contributed by atoms with van der Waals surface area (Å²) in [6, 6.07) is 9.27. The molecule has 0 aromatic heterocycles. The number of carbonyl (C=O) groups is 2. The predicted molar refractivity (Wildman–Crippen MR) is 126 cm³/mol. The Balaban J connectivity index is 1.85. The molecule has 0 spiro atoms. The third-order valence-corrected chi connectivity index (χ3v) is 7.19. The summed E-state index contributed by atoms with van der Waals surface area (Å²) in [5.74, 6) is -2.82. The zero-order valence-corrected chi connectivity index (χ0v) is 19.6. The summed E-state index contributed by atoms with van der Waals surface area (Å²) < 4.78 is 15.4. The average Bonchev–Trinajstić information content (AvgIpc) is 3.04. The summed E-state index contributed by atoms with van der Waals surface area (Å²) in [5.41, 5.74) is -0.337. The smallest absolute Gasteiger partial charge is 0.237 e. The number of aliphatic hydroxyl groups is 1. The minimum absolute atomic E-state index is 0.0454. The molecule has 33 heavy (non-hydrogen) atoms. The number of fused-ring (bicyclic) bond motifs is 1. The van der Waals surface area contributed by atoms with Crippen LogP contribution in [0.25, 0.3) is 0 Å². The average molecular weight is 494 g/mol. The third kappa shape index (κ3) is 4.35. The lowest BCUT2D eigenvalue weighted by Gasteiger charge is -2.37. The van der Waals surface area contributed by atoms with E-state index in [9.17, 15) is 14.7 Å². The molecule has 1 fully saturated rings. The molecule has 0 bridgehead atoms. The third-order valence-electron chi connectivity index (χ3n) is 6.66. The summed E-state index contributed by atoms with van der Waals surface area (Å²) >= 11 is 12.2. The van der Waals surface area contributed by atoms with Gasteiger partial charge in [0.1, 0.15) is 11.2 Å². The van der Waals surface area contributed by atoms with Gasteiger partial charge in [0.05, 0.1) is 17.0 Å². The molecule has 0 saturated heterocycles. The molecule has 6 nitrogen and oxygen atoms in total. The number of benzene rings is 2. The standard InChI is InChI=1S/C24H26Cl2FN3O3/c1-28-12-24(17-10-5-13(25)11-19(17)30-23(24)33)20(16-3-2-4-18(26)21(16)27)22(32)29-14-6-8-15(31)9-7-14/h2-5,10-11,14-15,20,28,31H,6-9,12H2,1H3,(H,29,32)(H,30,33)/t14?,15?,20?,24-/m1/s1. The summed E-state index contributed by atoms with van der Waals surface area (Å²) in [6.07, 6.45) is 1.98. The molecule has 2 aromatic carbocycles. The highest BCUT2D eigenvalue weighted by molar-refractivity contribution is 6.31. The van der Waals surface area contributed by atoms with Crippen molar-refractivity contribution >= 4 is 40.7 Å². The number of amides is 2. The van der Waals surface area contributed by atoms with Crippen molar-refractivity contribution in [1.29, 1.82) is 0 Å². The fourth-order valence-corrected chi connectivity index (χ4v) is 5.44. The van der Waals surface area contributed by atoms with Crippen LogP contribution in [0.5, 0.6) is 0 Å². The van der Waals surface area contributed by atoms with Crippen LogP contribution in [-0.2, 0) is 15.0 Å². The SMILES string of the molecule is CNC[C@@]1(C(C(=O)NC2CCC(O)CC2)c2cccc(Cl)c2F)C(=O)Nc2cc(Cl)ccc21. The van der Waals surface area contributed by atoms with Crippen LogP contribution in [0, 0.1) is 5.82 Å². The Bertz CT molecular complexity index is 1070. The van der Waals surface area contributed by atoms with Gasteiger partial charge in [-0.3, -0.25) is 9.59 Å². The van der Waals surface area contributed by atoms with Gasteiger partial charge < -0.3 is 21.1 Å². The number of carbonyl (C=O) groups excluding carboxylic acids is 2. The molecular formula is C24H26Cl2FN3O3. The van der Waals surface area contributed by atoms with Gasteiger partial charge in [-0.25, -0.2) is 4.39 Å². The largest absolute Gasteiger partial charge is 0.393 e. The van der Waals surface area contributed by atoms with Crippen molar-refractivity contribution in [3.63, 3.8) is 0 Å². The van der Waals surface area contributed by atoms with Crippen molar-refractivity contribution in [2.45, 2.75) is 49.2 Å². The number of hydrogen-bond acceptors (Lipinski definition) is 4. The number of likely N-dealkylation sites (N-methyl/N-ethyl adjacent to an activating group) is 1. The first-order valence-corrected chi connectivity index (χ1v) is 11.7. The number of hydrogen-bond donors (Lipinski definition) is 4. The van der Waals surface area contributed by atoms with Crippen molar-refractivity contribution < 1.29 is 19.1 Å². The van der Waals surface area contributed by atoms with Crippen LogP contribution in [0.2, 0.25) is 10.0 Å². The molecule has 0 radical (unpaired) electrons. The molecule has 2 aliphatic rings. The van der Waals surface area contributed by atoms with E-state index in [2.05, 4.69) is 16.0 Å². The second-order valence-electron chi connectivity index (χ2n) is 8.74. The first-order chi connectivity index (χ1) is 15.8. The lowest BCUT2D eigenvalue weighted by atomic mass is 9.67. The first-order valence-electron chi connectivity index (χ1n) is 11.0. The molecule has 2 atom stereocenters. The minimum atomic E-state index is -1.43. The van der Waals surface area contributed by atoms with Gasteiger partial charge in [0.2, 0.25) is 11.8 Å². The van der Waals surface area contributed by atoms with Crippen molar-refractivity contribution in [1.82, 2.24) is 10.6 Å². The molecule has 4 N–H and O–H groups in total. The summed E-state index contributed by atoms with van der Waals surface area (Å²) in [7, 11) is 1.68.